The number of carboxylic acids is 1. The first-order valence-electron chi connectivity index (χ1n) is 5.51. The molecular weight excluding hydrogens is 297 g/mol. The molecule has 0 atom stereocenters. The van der Waals surface area contributed by atoms with Gasteiger partial charge in [0.1, 0.15) is 0 Å². The molecule has 4 nitrogen and oxygen atoms in total. The number of sulfone groups is 1. The summed E-state index contributed by atoms with van der Waals surface area (Å²) in [6, 6.07) is 2.35. The number of rotatable bonds is 3. The van der Waals surface area contributed by atoms with E-state index in [2.05, 4.69) is 0 Å². The Hall–Kier alpha value is -1.83. The van der Waals surface area contributed by atoms with Gasteiger partial charge >= 0.3 is 12.1 Å². The van der Waals surface area contributed by atoms with Crippen LogP contribution in [-0.4, -0.2) is 19.5 Å². The van der Waals surface area contributed by atoms with Crippen LogP contribution in [0.15, 0.2) is 28.0 Å². The summed E-state index contributed by atoms with van der Waals surface area (Å²) >= 11 is 0. The molecule has 0 aliphatic carbocycles. The SMILES string of the molecule is O=C(O)CCC1=Cc2cc(C(F)(F)F)ccc2S1(=O)=O. The van der Waals surface area contributed by atoms with Crippen LogP contribution in [0.3, 0.4) is 0 Å². The maximum atomic E-state index is 12.6. The maximum Gasteiger partial charge on any atom is 0.416 e. The normalized spacial score (nSPS) is 16.6. The molecular formula is C12H9F3O4S. The number of halogens is 3. The first-order chi connectivity index (χ1) is 9.12. The summed E-state index contributed by atoms with van der Waals surface area (Å²) in [6.45, 7) is 0. The third-order valence-corrected chi connectivity index (χ3v) is 4.84. The zero-order chi connectivity index (χ0) is 15.1. The topological polar surface area (TPSA) is 71.4 Å². The van der Waals surface area contributed by atoms with Crippen LogP contribution in [-0.2, 0) is 20.8 Å². The highest BCUT2D eigenvalue weighted by atomic mass is 32.2. The number of benzene rings is 1. The van der Waals surface area contributed by atoms with Crippen LogP contribution in [0.4, 0.5) is 13.2 Å². The smallest absolute Gasteiger partial charge is 0.416 e. The minimum absolute atomic E-state index is 0.0554. The Bertz CT molecular complexity index is 702. The number of allylic oxidation sites excluding steroid dienone is 1. The van der Waals surface area contributed by atoms with Gasteiger partial charge in [0.05, 0.1) is 21.8 Å². The lowest BCUT2D eigenvalue weighted by molar-refractivity contribution is -0.138. The fourth-order valence-electron chi connectivity index (χ4n) is 1.91. The molecule has 1 aromatic rings. The Balaban J connectivity index is 2.43. The van der Waals surface area contributed by atoms with Crippen molar-refractivity contribution in [3.05, 3.63) is 34.2 Å². The molecule has 1 heterocycles. The van der Waals surface area contributed by atoms with E-state index in [0.29, 0.717) is 6.07 Å². The Morgan fingerprint density at radius 3 is 2.45 bits per heavy atom. The van der Waals surface area contributed by atoms with E-state index in [-0.39, 0.29) is 21.8 Å². The average Bonchev–Trinajstić information content (AvgIpc) is 2.57. The van der Waals surface area contributed by atoms with Crippen molar-refractivity contribution in [2.24, 2.45) is 0 Å². The summed E-state index contributed by atoms with van der Waals surface area (Å²) in [6.07, 6.45) is -4.10. The van der Waals surface area contributed by atoms with Gasteiger partial charge in [0.15, 0.2) is 0 Å². The van der Waals surface area contributed by atoms with Crippen molar-refractivity contribution in [2.75, 3.05) is 0 Å². The summed E-state index contributed by atoms with van der Waals surface area (Å²) in [5.74, 6) is -1.17. The molecule has 0 aromatic heterocycles. The fraction of sp³-hybridized carbons (Fsp3) is 0.250. The van der Waals surface area contributed by atoms with Gasteiger partial charge < -0.3 is 5.11 Å². The molecule has 0 unspecified atom stereocenters. The molecule has 0 spiro atoms. The highest BCUT2D eigenvalue weighted by Crippen LogP contribution is 2.38. The Kier molecular flexibility index (Phi) is 3.37. The van der Waals surface area contributed by atoms with Crippen LogP contribution in [0.5, 0.6) is 0 Å². The zero-order valence-corrected chi connectivity index (χ0v) is 10.8. The average molecular weight is 306 g/mol. The molecule has 0 saturated carbocycles. The van der Waals surface area contributed by atoms with Gasteiger partial charge in [-0.15, -0.1) is 0 Å². The first kappa shape index (κ1) is 14.6. The number of aliphatic carboxylic acids is 1. The third kappa shape index (κ3) is 2.55. The van der Waals surface area contributed by atoms with Crippen molar-refractivity contribution >= 4 is 21.9 Å². The van der Waals surface area contributed by atoms with Crippen LogP contribution in [0.2, 0.25) is 0 Å². The van der Waals surface area contributed by atoms with E-state index in [1.165, 1.54) is 0 Å². The van der Waals surface area contributed by atoms with Crippen LogP contribution in [0.1, 0.15) is 24.0 Å². The predicted molar refractivity (Wildman–Crippen MR) is 63.5 cm³/mol. The van der Waals surface area contributed by atoms with E-state index in [4.69, 9.17) is 5.11 Å². The van der Waals surface area contributed by atoms with Gasteiger partial charge in [-0.1, -0.05) is 0 Å². The number of fused-ring (bicyclic) bond motifs is 1. The summed E-state index contributed by atoms with van der Waals surface area (Å²) < 4.78 is 61.7. The molecule has 0 bridgehead atoms. The molecule has 1 aliphatic heterocycles. The molecule has 108 valence electrons. The monoisotopic (exact) mass is 306 g/mol. The molecule has 0 radical (unpaired) electrons. The molecule has 1 aromatic carbocycles. The third-order valence-electron chi connectivity index (χ3n) is 2.87. The van der Waals surface area contributed by atoms with Crippen molar-refractivity contribution in [3.8, 4) is 0 Å². The van der Waals surface area contributed by atoms with Crippen LogP contribution in [0, 0.1) is 0 Å². The van der Waals surface area contributed by atoms with Gasteiger partial charge in [0.25, 0.3) is 0 Å². The number of hydrogen-bond donors (Lipinski definition) is 1. The zero-order valence-electron chi connectivity index (χ0n) is 9.94. The van der Waals surface area contributed by atoms with Crippen molar-refractivity contribution in [1.82, 2.24) is 0 Å². The van der Waals surface area contributed by atoms with E-state index in [0.717, 1.165) is 18.2 Å². The lowest BCUT2D eigenvalue weighted by Crippen LogP contribution is -2.07. The van der Waals surface area contributed by atoms with Gasteiger partial charge in [-0.3, -0.25) is 4.79 Å². The maximum absolute atomic E-state index is 12.6. The van der Waals surface area contributed by atoms with Crippen LogP contribution in [0.25, 0.3) is 6.08 Å². The molecule has 0 saturated heterocycles. The van der Waals surface area contributed by atoms with Gasteiger partial charge in [-0.2, -0.15) is 13.2 Å². The van der Waals surface area contributed by atoms with Crippen molar-refractivity contribution < 1.29 is 31.5 Å². The standard InChI is InChI=1S/C12H9F3O4S/c13-12(14,15)8-1-3-10-7(5-8)6-9(20(10,18)19)2-4-11(16)17/h1,3,5-6H,2,4H2,(H,16,17). The molecule has 2 rings (SSSR count). The number of carbonyl (C=O) groups is 1. The minimum Gasteiger partial charge on any atom is -0.481 e. The molecule has 0 fully saturated rings. The highest BCUT2D eigenvalue weighted by molar-refractivity contribution is 7.95. The molecule has 0 amide bonds. The molecule has 8 heteroatoms. The Labute approximate surface area is 112 Å². The largest absolute Gasteiger partial charge is 0.481 e. The van der Waals surface area contributed by atoms with Crippen molar-refractivity contribution in [2.45, 2.75) is 23.9 Å². The fourth-order valence-corrected chi connectivity index (χ4v) is 3.52. The Morgan fingerprint density at radius 1 is 1.25 bits per heavy atom. The summed E-state index contributed by atoms with van der Waals surface area (Å²) in [5, 5.41) is 8.54. The second-order valence-electron chi connectivity index (χ2n) is 4.26. The quantitative estimate of drug-likeness (QED) is 0.932. The number of hydrogen-bond acceptors (Lipinski definition) is 3. The minimum atomic E-state index is -4.56. The highest BCUT2D eigenvalue weighted by Gasteiger charge is 2.35. The van der Waals surface area contributed by atoms with Gasteiger partial charge in [0.2, 0.25) is 9.84 Å². The summed E-state index contributed by atoms with van der Waals surface area (Å²) in [7, 11) is -3.87. The van der Waals surface area contributed by atoms with E-state index < -0.39 is 34.0 Å². The Morgan fingerprint density at radius 2 is 1.90 bits per heavy atom. The molecule has 1 aliphatic rings. The molecule has 1 N–H and O–H groups in total. The van der Waals surface area contributed by atoms with E-state index in [1.54, 1.807) is 0 Å². The summed E-state index contributed by atoms with van der Waals surface area (Å²) in [5.41, 5.74) is -0.998. The lowest BCUT2D eigenvalue weighted by Gasteiger charge is -2.08. The van der Waals surface area contributed by atoms with Gasteiger partial charge in [-0.05, 0) is 36.3 Å². The second-order valence-corrected chi connectivity index (χ2v) is 6.23. The van der Waals surface area contributed by atoms with E-state index in [1.807, 2.05) is 0 Å². The molecule has 20 heavy (non-hydrogen) atoms. The van der Waals surface area contributed by atoms with Crippen LogP contribution >= 0.6 is 0 Å². The van der Waals surface area contributed by atoms with Gasteiger partial charge in [-0.25, -0.2) is 8.42 Å². The number of carboxylic acid groups (broad SMARTS) is 1. The van der Waals surface area contributed by atoms with E-state index >= 15 is 0 Å². The van der Waals surface area contributed by atoms with Crippen molar-refractivity contribution in [1.29, 1.82) is 0 Å². The van der Waals surface area contributed by atoms with Crippen molar-refractivity contribution in [3.63, 3.8) is 0 Å². The predicted octanol–water partition coefficient (Wildman–Crippen LogP) is 2.70. The van der Waals surface area contributed by atoms with E-state index in [9.17, 15) is 26.4 Å². The van der Waals surface area contributed by atoms with Crippen LogP contribution < -0.4 is 0 Å². The number of alkyl halides is 3. The second kappa shape index (κ2) is 4.62. The lowest BCUT2D eigenvalue weighted by atomic mass is 10.1. The van der Waals surface area contributed by atoms with Gasteiger partial charge in [0, 0.05) is 0 Å². The summed E-state index contributed by atoms with van der Waals surface area (Å²) in [4.78, 5) is 10.1. The first-order valence-corrected chi connectivity index (χ1v) is 6.99.